The van der Waals surface area contributed by atoms with Gasteiger partial charge in [0.05, 0.1) is 0 Å². The maximum absolute atomic E-state index is 12.0. The van der Waals surface area contributed by atoms with Crippen molar-refractivity contribution in [2.24, 2.45) is 0 Å². The topological polar surface area (TPSA) is 26.3 Å². The summed E-state index contributed by atoms with van der Waals surface area (Å²) >= 11 is 0. The zero-order valence-corrected chi connectivity index (χ0v) is 14.1. The van der Waals surface area contributed by atoms with Gasteiger partial charge in [0, 0.05) is 23.1 Å². The van der Waals surface area contributed by atoms with Crippen molar-refractivity contribution in [2.45, 2.75) is 39.7 Å². The number of Topliss-reactive ketones (excluding diaryl/α,β-unsaturated/α-hetero) is 1. The predicted molar refractivity (Wildman–Crippen MR) is 92.2 cm³/mol. The molecule has 1 aliphatic rings. The molecule has 0 aliphatic carbocycles. The highest BCUT2D eigenvalue weighted by Crippen LogP contribution is 2.46. The van der Waals surface area contributed by atoms with E-state index in [1.165, 1.54) is 11.1 Å². The fourth-order valence-corrected chi connectivity index (χ4v) is 3.24. The minimum Gasteiger partial charge on any atom is -0.482 e. The molecule has 0 amide bonds. The van der Waals surface area contributed by atoms with Crippen molar-refractivity contribution in [1.29, 1.82) is 0 Å². The Morgan fingerprint density at radius 2 is 1.30 bits per heavy atom. The molecule has 0 spiro atoms. The van der Waals surface area contributed by atoms with Crippen LogP contribution in [0.15, 0.2) is 59.9 Å². The Balaban J connectivity index is 2.14. The summed E-state index contributed by atoms with van der Waals surface area (Å²) < 4.78 is 6.33. The lowest BCUT2D eigenvalue weighted by Gasteiger charge is -2.31. The first-order chi connectivity index (χ1) is 10.9. The van der Waals surface area contributed by atoms with Crippen molar-refractivity contribution >= 4 is 5.78 Å². The van der Waals surface area contributed by atoms with Gasteiger partial charge >= 0.3 is 0 Å². The number of aryl methyl sites for hydroxylation is 2. The van der Waals surface area contributed by atoms with Gasteiger partial charge in [0.15, 0.2) is 11.4 Å². The van der Waals surface area contributed by atoms with Crippen molar-refractivity contribution in [3.05, 3.63) is 82.1 Å². The van der Waals surface area contributed by atoms with Crippen LogP contribution in [-0.4, -0.2) is 5.78 Å². The van der Waals surface area contributed by atoms with Crippen LogP contribution >= 0.6 is 0 Å². The fourth-order valence-electron chi connectivity index (χ4n) is 3.24. The van der Waals surface area contributed by atoms with Crippen LogP contribution in [0, 0.1) is 13.8 Å². The van der Waals surface area contributed by atoms with Gasteiger partial charge in [0.2, 0.25) is 0 Å². The molecule has 1 aliphatic heterocycles. The van der Waals surface area contributed by atoms with Crippen LogP contribution in [0.5, 0.6) is 0 Å². The molecule has 0 bridgehead atoms. The quantitative estimate of drug-likeness (QED) is 0.812. The first-order valence-electron chi connectivity index (χ1n) is 7.96. The summed E-state index contributed by atoms with van der Waals surface area (Å²) in [4.78, 5) is 12.0. The summed E-state index contributed by atoms with van der Waals surface area (Å²) in [6.07, 6.45) is 0.584. The molecule has 118 valence electrons. The van der Waals surface area contributed by atoms with E-state index in [0.717, 1.165) is 22.5 Å². The molecular weight excluding hydrogens is 284 g/mol. The Morgan fingerprint density at radius 1 is 0.870 bits per heavy atom. The average Bonchev–Trinajstić information content (AvgIpc) is 2.87. The number of ether oxygens (including phenoxy) is 1. The SMILES string of the molecule is CC(=O)C1=C(C)OC(c2ccc(C)cc2)(c2ccc(C)cc2)C1. The summed E-state index contributed by atoms with van der Waals surface area (Å²) in [5, 5.41) is 0. The van der Waals surface area contributed by atoms with E-state index in [2.05, 4.69) is 62.4 Å². The largest absolute Gasteiger partial charge is 0.482 e. The van der Waals surface area contributed by atoms with Gasteiger partial charge in [-0.3, -0.25) is 4.79 Å². The lowest BCUT2D eigenvalue weighted by molar-refractivity contribution is -0.113. The highest BCUT2D eigenvalue weighted by atomic mass is 16.5. The molecule has 0 radical (unpaired) electrons. The Hall–Kier alpha value is -2.35. The predicted octanol–water partition coefficient (Wildman–Crippen LogP) is 4.83. The van der Waals surface area contributed by atoms with Gasteiger partial charge in [-0.25, -0.2) is 0 Å². The van der Waals surface area contributed by atoms with Crippen LogP contribution in [0.2, 0.25) is 0 Å². The normalized spacial score (nSPS) is 16.3. The summed E-state index contributed by atoms with van der Waals surface area (Å²) in [5.74, 6) is 0.822. The number of rotatable bonds is 3. The molecule has 0 saturated carbocycles. The smallest absolute Gasteiger partial charge is 0.163 e. The number of carbonyl (C=O) groups is 1. The van der Waals surface area contributed by atoms with E-state index >= 15 is 0 Å². The molecule has 0 saturated heterocycles. The van der Waals surface area contributed by atoms with Crippen LogP contribution in [0.1, 0.15) is 42.5 Å². The van der Waals surface area contributed by atoms with E-state index in [-0.39, 0.29) is 5.78 Å². The number of hydrogen-bond donors (Lipinski definition) is 0. The van der Waals surface area contributed by atoms with Gasteiger partial charge in [-0.15, -0.1) is 0 Å². The van der Waals surface area contributed by atoms with E-state index < -0.39 is 5.60 Å². The average molecular weight is 306 g/mol. The van der Waals surface area contributed by atoms with Gasteiger partial charge in [0.1, 0.15) is 5.76 Å². The molecule has 2 aromatic rings. The monoisotopic (exact) mass is 306 g/mol. The summed E-state index contributed by atoms with van der Waals surface area (Å²) in [6.45, 7) is 7.65. The Morgan fingerprint density at radius 3 is 1.65 bits per heavy atom. The molecule has 0 atom stereocenters. The Labute approximate surface area is 137 Å². The second-order valence-electron chi connectivity index (χ2n) is 6.43. The van der Waals surface area contributed by atoms with Crippen LogP contribution in [0.25, 0.3) is 0 Å². The summed E-state index contributed by atoms with van der Waals surface area (Å²) in [6, 6.07) is 16.8. The molecule has 0 unspecified atom stereocenters. The van der Waals surface area contributed by atoms with Crippen molar-refractivity contribution in [3.63, 3.8) is 0 Å². The fraction of sp³-hybridized carbons (Fsp3) is 0.286. The van der Waals surface area contributed by atoms with Gasteiger partial charge in [0.25, 0.3) is 0 Å². The van der Waals surface area contributed by atoms with Crippen LogP contribution in [0.3, 0.4) is 0 Å². The van der Waals surface area contributed by atoms with Gasteiger partial charge < -0.3 is 4.74 Å². The third kappa shape index (κ3) is 2.70. The van der Waals surface area contributed by atoms with Crippen molar-refractivity contribution < 1.29 is 9.53 Å². The molecule has 2 aromatic carbocycles. The first-order valence-corrected chi connectivity index (χ1v) is 7.96. The number of allylic oxidation sites excluding steroid dienone is 1. The highest BCUT2D eigenvalue weighted by molar-refractivity contribution is 5.94. The maximum atomic E-state index is 12.0. The Kier molecular flexibility index (Phi) is 3.85. The first kappa shape index (κ1) is 15.5. The van der Waals surface area contributed by atoms with E-state index in [9.17, 15) is 4.79 Å². The van der Waals surface area contributed by atoms with E-state index in [1.54, 1.807) is 6.92 Å². The zero-order valence-electron chi connectivity index (χ0n) is 14.1. The molecule has 0 fully saturated rings. The van der Waals surface area contributed by atoms with Crippen LogP contribution < -0.4 is 0 Å². The lowest BCUT2D eigenvalue weighted by atomic mass is 9.81. The minimum atomic E-state index is -0.605. The van der Waals surface area contributed by atoms with E-state index in [1.807, 2.05) is 6.92 Å². The molecule has 1 heterocycles. The Bertz CT molecular complexity index is 719. The third-order valence-electron chi connectivity index (χ3n) is 4.64. The molecular formula is C21H22O2. The number of ketones is 1. The van der Waals surface area contributed by atoms with Crippen LogP contribution in [0.4, 0.5) is 0 Å². The molecule has 3 rings (SSSR count). The molecule has 23 heavy (non-hydrogen) atoms. The number of hydrogen-bond acceptors (Lipinski definition) is 2. The second-order valence-corrected chi connectivity index (χ2v) is 6.43. The second kappa shape index (κ2) is 5.69. The van der Waals surface area contributed by atoms with Crippen molar-refractivity contribution in [2.75, 3.05) is 0 Å². The molecule has 0 aromatic heterocycles. The van der Waals surface area contributed by atoms with Crippen molar-refractivity contribution in [1.82, 2.24) is 0 Å². The third-order valence-corrected chi connectivity index (χ3v) is 4.64. The van der Waals surface area contributed by atoms with E-state index in [4.69, 9.17) is 4.74 Å². The van der Waals surface area contributed by atoms with Crippen molar-refractivity contribution in [3.8, 4) is 0 Å². The van der Waals surface area contributed by atoms with E-state index in [0.29, 0.717) is 6.42 Å². The van der Waals surface area contributed by atoms with Gasteiger partial charge in [-0.2, -0.15) is 0 Å². The van der Waals surface area contributed by atoms with Crippen LogP contribution in [-0.2, 0) is 15.1 Å². The maximum Gasteiger partial charge on any atom is 0.163 e. The molecule has 0 N–H and O–H groups in total. The standard InChI is InChI=1S/C21H22O2/c1-14-5-9-18(10-6-14)21(19-11-7-15(2)8-12-19)13-20(16(3)22)17(4)23-21/h5-12H,13H2,1-4H3. The summed E-state index contributed by atoms with van der Waals surface area (Å²) in [7, 11) is 0. The number of benzene rings is 2. The zero-order chi connectivity index (χ0) is 16.6. The van der Waals surface area contributed by atoms with Gasteiger partial charge in [-0.1, -0.05) is 59.7 Å². The molecule has 2 heteroatoms. The number of carbonyl (C=O) groups excluding carboxylic acids is 1. The van der Waals surface area contributed by atoms with Gasteiger partial charge in [-0.05, 0) is 27.7 Å². The molecule has 2 nitrogen and oxygen atoms in total. The minimum absolute atomic E-state index is 0.0867. The lowest BCUT2D eigenvalue weighted by Crippen LogP contribution is -2.27. The summed E-state index contributed by atoms with van der Waals surface area (Å²) in [5.41, 5.74) is 4.77. The highest BCUT2D eigenvalue weighted by Gasteiger charge is 2.43.